The summed E-state index contributed by atoms with van der Waals surface area (Å²) in [4.78, 5) is 11.8. The van der Waals surface area contributed by atoms with Gasteiger partial charge in [0.1, 0.15) is 11.4 Å². The van der Waals surface area contributed by atoms with Gasteiger partial charge in [-0.05, 0) is 31.6 Å². The van der Waals surface area contributed by atoms with Crippen LogP contribution in [-0.4, -0.2) is 16.7 Å². The molecule has 2 rings (SSSR count). The Morgan fingerprint density at radius 1 is 1.19 bits per heavy atom. The molecule has 0 aromatic heterocycles. The molecule has 1 aliphatic heterocycles. The Morgan fingerprint density at radius 2 is 1.86 bits per heavy atom. The average molecular weight is 294 g/mol. The summed E-state index contributed by atoms with van der Waals surface area (Å²) in [5.41, 5.74) is -0.419. The SMILES string of the molecule is CCCCCCCCC1(C2CCCC2)CC(O)=CC(=O)O1. The maximum atomic E-state index is 11.8. The van der Waals surface area contributed by atoms with Gasteiger partial charge in [0.2, 0.25) is 0 Å². The molecule has 0 amide bonds. The standard InChI is InChI=1S/C18H30O3/c1-2-3-4-5-6-9-12-18(15-10-7-8-11-15)14-16(19)13-17(20)21-18/h13,15,19H,2-12,14H2,1H3. The van der Waals surface area contributed by atoms with E-state index in [1.807, 2.05) is 0 Å². The van der Waals surface area contributed by atoms with Crippen molar-refractivity contribution in [1.29, 1.82) is 0 Å². The molecule has 0 saturated heterocycles. The fourth-order valence-electron chi connectivity index (χ4n) is 3.99. The third-order valence-electron chi connectivity index (χ3n) is 5.12. The molecule has 0 aromatic rings. The summed E-state index contributed by atoms with van der Waals surface area (Å²) >= 11 is 0. The molecule has 3 heteroatoms. The molecule has 0 bridgehead atoms. The molecule has 0 spiro atoms. The Kier molecular flexibility index (Phi) is 6.13. The predicted molar refractivity (Wildman–Crippen MR) is 84.1 cm³/mol. The van der Waals surface area contributed by atoms with Crippen LogP contribution in [0.5, 0.6) is 0 Å². The van der Waals surface area contributed by atoms with Crippen LogP contribution < -0.4 is 0 Å². The monoisotopic (exact) mass is 294 g/mol. The lowest BCUT2D eigenvalue weighted by atomic mass is 9.77. The molecule has 21 heavy (non-hydrogen) atoms. The van der Waals surface area contributed by atoms with E-state index >= 15 is 0 Å². The third-order valence-corrected chi connectivity index (χ3v) is 5.12. The minimum absolute atomic E-state index is 0.212. The summed E-state index contributed by atoms with van der Waals surface area (Å²) in [6, 6.07) is 0. The van der Waals surface area contributed by atoms with Gasteiger partial charge in [-0.3, -0.25) is 0 Å². The van der Waals surface area contributed by atoms with Crippen LogP contribution in [0.1, 0.15) is 84.0 Å². The van der Waals surface area contributed by atoms with Crippen LogP contribution in [0.2, 0.25) is 0 Å². The van der Waals surface area contributed by atoms with Gasteiger partial charge in [-0.25, -0.2) is 4.79 Å². The van der Waals surface area contributed by atoms with E-state index in [9.17, 15) is 9.90 Å². The highest BCUT2D eigenvalue weighted by Gasteiger charge is 2.45. The molecular formula is C18H30O3. The molecule has 1 fully saturated rings. The minimum atomic E-state index is -0.419. The van der Waals surface area contributed by atoms with Crippen molar-refractivity contribution in [3.63, 3.8) is 0 Å². The van der Waals surface area contributed by atoms with Crippen LogP contribution in [0, 0.1) is 5.92 Å². The average Bonchev–Trinajstić information content (AvgIpc) is 2.96. The van der Waals surface area contributed by atoms with E-state index in [0.717, 1.165) is 25.7 Å². The largest absolute Gasteiger partial charge is 0.512 e. The first-order chi connectivity index (χ1) is 10.2. The van der Waals surface area contributed by atoms with Crippen molar-refractivity contribution in [2.45, 2.75) is 89.6 Å². The Hall–Kier alpha value is -0.990. The van der Waals surface area contributed by atoms with Gasteiger partial charge in [0, 0.05) is 6.42 Å². The summed E-state index contributed by atoms with van der Waals surface area (Å²) in [5.74, 6) is 0.300. The van der Waals surface area contributed by atoms with Crippen molar-refractivity contribution >= 4 is 5.97 Å². The summed E-state index contributed by atoms with van der Waals surface area (Å²) < 4.78 is 5.78. The van der Waals surface area contributed by atoms with E-state index in [0.29, 0.717) is 12.3 Å². The highest BCUT2D eigenvalue weighted by Crippen LogP contribution is 2.44. The Morgan fingerprint density at radius 3 is 2.52 bits per heavy atom. The first-order valence-corrected chi connectivity index (χ1v) is 8.79. The number of ether oxygens (including phenoxy) is 1. The van der Waals surface area contributed by atoms with Gasteiger partial charge in [-0.2, -0.15) is 0 Å². The molecule has 2 aliphatic rings. The fourth-order valence-corrected chi connectivity index (χ4v) is 3.99. The van der Waals surface area contributed by atoms with Crippen molar-refractivity contribution < 1.29 is 14.6 Å². The van der Waals surface area contributed by atoms with E-state index in [1.54, 1.807) is 0 Å². The minimum Gasteiger partial charge on any atom is -0.512 e. The van der Waals surface area contributed by atoms with Crippen molar-refractivity contribution in [1.82, 2.24) is 0 Å². The summed E-state index contributed by atoms with van der Waals surface area (Å²) in [6.07, 6.45) is 14.9. The van der Waals surface area contributed by atoms with Gasteiger partial charge in [0.15, 0.2) is 0 Å². The lowest BCUT2D eigenvalue weighted by Gasteiger charge is -2.40. The van der Waals surface area contributed by atoms with Gasteiger partial charge in [-0.1, -0.05) is 51.9 Å². The molecule has 1 N–H and O–H groups in total. The smallest absolute Gasteiger partial charge is 0.334 e. The van der Waals surface area contributed by atoms with Gasteiger partial charge in [-0.15, -0.1) is 0 Å². The van der Waals surface area contributed by atoms with Gasteiger partial charge < -0.3 is 9.84 Å². The van der Waals surface area contributed by atoms with Crippen LogP contribution >= 0.6 is 0 Å². The Labute approximate surface area is 128 Å². The van der Waals surface area contributed by atoms with Crippen LogP contribution in [0.25, 0.3) is 0 Å². The van der Waals surface area contributed by atoms with Crippen LogP contribution in [-0.2, 0) is 9.53 Å². The van der Waals surface area contributed by atoms with Crippen LogP contribution in [0.3, 0.4) is 0 Å². The molecule has 1 unspecified atom stereocenters. The number of carbonyl (C=O) groups excluding carboxylic acids is 1. The topological polar surface area (TPSA) is 46.5 Å². The van der Waals surface area contributed by atoms with E-state index in [-0.39, 0.29) is 11.7 Å². The number of cyclic esters (lactones) is 1. The van der Waals surface area contributed by atoms with Gasteiger partial charge >= 0.3 is 5.97 Å². The molecule has 3 nitrogen and oxygen atoms in total. The number of esters is 1. The molecular weight excluding hydrogens is 264 g/mol. The molecule has 1 aliphatic carbocycles. The van der Waals surface area contributed by atoms with E-state index in [2.05, 4.69) is 6.92 Å². The van der Waals surface area contributed by atoms with Crippen LogP contribution in [0.15, 0.2) is 11.8 Å². The van der Waals surface area contributed by atoms with Crippen molar-refractivity contribution in [3.05, 3.63) is 11.8 Å². The normalized spacial score (nSPS) is 26.7. The van der Waals surface area contributed by atoms with E-state index in [1.165, 1.54) is 51.0 Å². The van der Waals surface area contributed by atoms with Crippen LogP contribution in [0.4, 0.5) is 0 Å². The molecule has 1 saturated carbocycles. The lowest BCUT2D eigenvalue weighted by Crippen LogP contribution is -2.44. The molecule has 0 radical (unpaired) electrons. The van der Waals surface area contributed by atoms with Gasteiger partial charge in [0.25, 0.3) is 0 Å². The zero-order valence-electron chi connectivity index (χ0n) is 13.4. The van der Waals surface area contributed by atoms with Crippen molar-refractivity contribution in [3.8, 4) is 0 Å². The lowest BCUT2D eigenvalue weighted by molar-refractivity contribution is -0.165. The number of unbranched alkanes of at least 4 members (excludes halogenated alkanes) is 5. The van der Waals surface area contributed by atoms with Gasteiger partial charge in [0.05, 0.1) is 6.08 Å². The maximum absolute atomic E-state index is 11.8. The van der Waals surface area contributed by atoms with E-state index < -0.39 is 5.60 Å². The summed E-state index contributed by atoms with van der Waals surface area (Å²) in [5, 5.41) is 9.91. The quantitative estimate of drug-likeness (QED) is 0.503. The third kappa shape index (κ3) is 4.49. The second-order valence-electron chi connectivity index (χ2n) is 6.80. The zero-order chi connectivity index (χ0) is 15.1. The number of aliphatic hydroxyl groups excluding tert-OH is 1. The molecule has 1 heterocycles. The Bertz CT molecular complexity index is 369. The highest BCUT2D eigenvalue weighted by atomic mass is 16.6. The van der Waals surface area contributed by atoms with Crippen molar-refractivity contribution in [2.75, 3.05) is 0 Å². The highest BCUT2D eigenvalue weighted by molar-refractivity contribution is 5.83. The predicted octanol–water partition coefficient (Wildman–Crippen LogP) is 5.05. The van der Waals surface area contributed by atoms with Crippen molar-refractivity contribution in [2.24, 2.45) is 5.92 Å². The first kappa shape index (κ1) is 16.4. The number of hydrogen-bond acceptors (Lipinski definition) is 3. The number of aliphatic hydroxyl groups is 1. The maximum Gasteiger partial charge on any atom is 0.334 e. The summed E-state index contributed by atoms with van der Waals surface area (Å²) in [6.45, 7) is 2.23. The first-order valence-electron chi connectivity index (χ1n) is 8.79. The molecule has 0 aromatic carbocycles. The summed E-state index contributed by atoms with van der Waals surface area (Å²) in [7, 11) is 0. The molecule has 120 valence electrons. The zero-order valence-corrected chi connectivity index (χ0v) is 13.4. The molecule has 1 atom stereocenters. The second-order valence-corrected chi connectivity index (χ2v) is 6.80. The van der Waals surface area contributed by atoms with E-state index in [4.69, 9.17) is 4.74 Å². The fraction of sp³-hybridized carbons (Fsp3) is 0.833. The second kappa shape index (κ2) is 7.86. The number of hydrogen-bond donors (Lipinski definition) is 1. The Balaban J connectivity index is 1.90. The number of carbonyl (C=O) groups is 1. The number of rotatable bonds is 8.